The maximum absolute atomic E-state index is 2.73. The van der Waals surface area contributed by atoms with Gasteiger partial charge >= 0.3 is 5.65 Å². The van der Waals surface area contributed by atoms with E-state index in [1.807, 2.05) is 6.04 Å². The van der Waals surface area contributed by atoms with Crippen molar-refractivity contribution in [3.05, 3.63) is 48.6 Å². The van der Waals surface area contributed by atoms with Crippen LogP contribution >= 0.6 is 0 Å². The van der Waals surface area contributed by atoms with Gasteiger partial charge in [0.2, 0.25) is 0 Å². The Morgan fingerprint density at radius 2 is 1.96 bits per heavy atom. The van der Waals surface area contributed by atoms with E-state index in [4.69, 9.17) is 0 Å². The predicted octanol–water partition coefficient (Wildman–Crippen LogP) is 4.07. The highest BCUT2D eigenvalue weighted by Crippen LogP contribution is 2.58. The van der Waals surface area contributed by atoms with E-state index in [1.165, 1.54) is 60.5 Å². The molecule has 3 fully saturated rings. The second-order valence-corrected chi connectivity index (χ2v) is 8.89. The van der Waals surface area contributed by atoms with Crippen molar-refractivity contribution in [3.63, 3.8) is 0 Å². The maximum atomic E-state index is 2.73. The number of aromatic nitrogens is 2. The molecule has 126 valence electrons. The molecule has 1 aliphatic heterocycles. The number of hydrogen-bond acceptors (Lipinski definition) is 0. The van der Waals surface area contributed by atoms with Crippen LogP contribution in [0.4, 0.5) is 0 Å². The van der Waals surface area contributed by atoms with E-state index in [0.29, 0.717) is 6.04 Å². The lowest BCUT2D eigenvalue weighted by atomic mass is 9.66. The highest BCUT2D eigenvalue weighted by molar-refractivity contribution is 6.01. The largest absolute Gasteiger partial charge is 0.314 e. The number of nitrogens with zero attached hydrogens (tertiary/aromatic N) is 2. The molecule has 4 aliphatic rings. The zero-order valence-electron chi connectivity index (χ0n) is 14.6. The summed E-state index contributed by atoms with van der Waals surface area (Å²) in [5, 5.41) is 2.89. The van der Waals surface area contributed by atoms with Gasteiger partial charge in [0.05, 0.1) is 18.2 Å². The normalized spacial score (nSPS) is 35.4. The average Bonchev–Trinajstić information content (AvgIpc) is 3.35. The summed E-state index contributed by atoms with van der Waals surface area (Å²) < 4.78 is 5.38. The Hall–Kier alpha value is -1.96. The fourth-order valence-corrected chi connectivity index (χ4v) is 7.26. The Balaban J connectivity index is 1.62. The molecular formula is C23H24N2. The molecule has 25 heavy (non-hydrogen) atoms. The molecule has 3 saturated carbocycles. The van der Waals surface area contributed by atoms with Gasteiger partial charge in [0.25, 0.3) is 0 Å². The lowest BCUT2D eigenvalue weighted by Crippen LogP contribution is -2.64. The highest BCUT2D eigenvalue weighted by atomic mass is 15.2. The fourth-order valence-electron chi connectivity index (χ4n) is 7.26. The van der Waals surface area contributed by atoms with Gasteiger partial charge in [0.1, 0.15) is 11.6 Å². The van der Waals surface area contributed by atoms with Gasteiger partial charge in [0, 0.05) is 11.8 Å². The summed E-state index contributed by atoms with van der Waals surface area (Å²) in [6.07, 6.45) is 11.0. The standard InChI is InChI=1S/C23H24N2/c1-2-9-19-17(6-1)18-8-4-12-24-22-16-7-3-5-14(16)13-15-10-11-20(21(15)22)25(19)23(18)24/h1-2,4,6,8-9,12,14-16,20-21H,3,5,7,10-11,13H2. The number of fused-ring (bicyclic) bond motifs is 7. The van der Waals surface area contributed by atoms with Crippen LogP contribution in [0.1, 0.15) is 44.6 Å². The first-order valence-corrected chi connectivity index (χ1v) is 10.2. The first-order valence-electron chi connectivity index (χ1n) is 10.2. The predicted molar refractivity (Wildman–Crippen MR) is 96.8 cm³/mol. The summed E-state index contributed by atoms with van der Waals surface area (Å²) in [5.41, 5.74) is 2.93. The topological polar surface area (TPSA) is 7.76 Å². The number of rotatable bonds is 0. The van der Waals surface area contributed by atoms with E-state index in [9.17, 15) is 0 Å². The molecule has 0 saturated heterocycles. The minimum atomic E-state index is 0.700. The third kappa shape index (κ3) is 1.45. The highest BCUT2D eigenvalue weighted by Gasteiger charge is 2.58. The maximum Gasteiger partial charge on any atom is 0.314 e. The second kappa shape index (κ2) is 4.41. The first kappa shape index (κ1) is 13.3. The van der Waals surface area contributed by atoms with Crippen molar-refractivity contribution in [2.24, 2.45) is 23.7 Å². The molecule has 3 aromatic rings. The molecule has 1 aromatic carbocycles. The van der Waals surface area contributed by atoms with Gasteiger partial charge in [-0.25, -0.2) is 4.57 Å². The lowest BCUT2D eigenvalue weighted by Gasteiger charge is -2.45. The molecule has 2 heteroatoms. The van der Waals surface area contributed by atoms with Crippen LogP contribution in [-0.4, -0.2) is 0 Å². The second-order valence-electron chi connectivity index (χ2n) is 8.89. The molecule has 7 rings (SSSR count). The molecule has 2 aromatic heterocycles. The van der Waals surface area contributed by atoms with Gasteiger partial charge < -0.3 is 0 Å². The summed E-state index contributed by atoms with van der Waals surface area (Å²) in [7, 11) is 0. The average molecular weight is 328 g/mol. The Kier molecular flexibility index (Phi) is 2.34. The molecule has 3 heterocycles. The van der Waals surface area contributed by atoms with Crippen LogP contribution in [-0.2, 0) is 0 Å². The minimum absolute atomic E-state index is 0.700. The quantitative estimate of drug-likeness (QED) is 0.434. The van der Waals surface area contributed by atoms with Crippen molar-refractivity contribution < 1.29 is 9.13 Å². The summed E-state index contributed by atoms with van der Waals surface area (Å²) in [6.45, 7) is 0. The van der Waals surface area contributed by atoms with Crippen molar-refractivity contribution in [1.29, 1.82) is 0 Å². The zero-order valence-corrected chi connectivity index (χ0v) is 14.6. The van der Waals surface area contributed by atoms with Crippen molar-refractivity contribution in [3.8, 4) is 0 Å². The Morgan fingerprint density at radius 1 is 0.960 bits per heavy atom. The van der Waals surface area contributed by atoms with Crippen LogP contribution in [0.15, 0.2) is 42.6 Å². The number of benzene rings is 1. The molecule has 0 bridgehead atoms. The molecule has 5 atom stereocenters. The van der Waals surface area contributed by atoms with E-state index in [0.717, 1.165) is 23.7 Å². The summed E-state index contributed by atoms with van der Waals surface area (Å²) >= 11 is 0. The monoisotopic (exact) mass is 328 g/mol. The Labute approximate surface area is 148 Å². The smallest absolute Gasteiger partial charge is 0.278 e. The van der Waals surface area contributed by atoms with Gasteiger partial charge in [0.15, 0.2) is 0 Å². The van der Waals surface area contributed by atoms with E-state index >= 15 is 0 Å². The summed E-state index contributed by atoms with van der Waals surface area (Å²) in [4.78, 5) is 0. The first-order chi connectivity index (χ1) is 12.4. The third-order valence-corrected chi connectivity index (χ3v) is 8.00. The van der Waals surface area contributed by atoms with Crippen molar-refractivity contribution in [1.82, 2.24) is 0 Å². The van der Waals surface area contributed by atoms with Gasteiger partial charge in [-0.3, -0.25) is 4.57 Å². The zero-order chi connectivity index (χ0) is 16.1. The van der Waals surface area contributed by atoms with Crippen LogP contribution in [0.3, 0.4) is 0 Å². The van der Waals surface area contributed by atoms with Crippen LogP contribution in [0.2, 0.25) is 0 Å². The van der Waals surface area contributed by atoms with Gasteiger partial charge in [-0.2, -0.15) is 0 Å². The molecular weight excluding hydrogens is 304 g/mol. The van der Waals surface area contributed by atoms with Crippen LogP contribution in [0.25, 0.3) is 21.9 Å². The number of pyridine rings is 1. The third-order valence-electron chi connectivity index (χ3n) is 8.00. The van der Waals surface area contributed by atoms with Gasteiger partial charge in [-0.05, 0) is 36.0 Å². The lowest BCUT2D eigenvalue weighted by molar-refractivity contribution is -0.797. The molecule has 3 aliphatic carbocycles. The Bertz CT molecular complexity index is 1020. The van der Waals surface area contributed by atoms with Crippen LogP contribution in [0.5, 0.6) is 0 Å². The molecule has 0 N–H and O–H groups in total. The Morgan fingerprint density at radius 3 is 2.96 bits per heavy atom. The molecule has 0 amide bonds. The van der Waals surface area contributed by atoms with E-state index in [-0.39, 0.29) is 0 Å². The van der Waals surface area contributed by atoms with E-state index in [2.05, 4.69) is 51.7 Å². The summed E-state index contributed by atoms with van der Waals surface area (Å²) in [5.74, 6) is 3.53. The van der Waals surface area contributed by atoms with Gasteiger partial charge in [-0.15, -0.1) is 18.2 Å². The fraction of sp³-hybridized carbons (Fsp3) is 0.478. The van der Waals surface area contributed by atoms with Crippen molar-refractivity contribution >= 4 is 21.9 Å². The molecule has 5 unspecified atom stereocenters. The van der Waals surface area contributed by atoms with E-state index < -0.39 is 0 Å². The SMILES string of the molecule is c1cc[c-]2c(c1)c1ccc[n+]3c1[n+]2C1CCC2CC4CCCC4[C-]3C21. The van der Waals surface area contributed by atoms with Crippen molar-refractivity contribution in [2.75, 3.05) is 0 Å². The van der Waals surface area contributed by atoms with Gasteiger partial charge in [-0.1, -0.05) is 37.5 Å². The number of hydrogen-bond donors (Lipinski definition) is 0. The van der Waals surface area contributed by atoms with E-state index in [1.54, 1.807) is 0 Å². The number of para-hydroxylation sites is 1. The van der Waals surface area contributed by atoms with Crippen LogP contribution in [0, 0.1) is 29.7 Å². The van der Waals surface area contributed by atoms with Crippen LogP contribution < -0.4 is 9.13 Å². The molecule has 0 spiro atoms. The summed E-state index contributed by atoms with van der Waals surface area (Å²) in [6, 6.07) is 16.2. The van der Waals surface area contributed by atoms with Crippen molar-refractivity contribution in [2.45, 2.75) is 44.6 Å². The minimum Gasteiger partial charge on any atom is -0.278 e. The molecule has 2 nitrogen and oxygen atoms in total. The molecule has 0 radical (unpaired) electrons.